The van der Waals surface area contributed by atoms with E-state index in [4.69, 9.17) is 31.1 Å². The normalized spacial score (nSPS) is 27.2. The molecule has 0 radical (unpaired) electrons. The molecule has 3 rings (SSSR count). The first-order valence-corrected chi connectivity index (χ1v) is 7.06. The molecule has 0 aromatic carbocycles. The molecule has 8 nitrogen and oxygen atoms in total. The molecule has 1 fully saturated rings. The van der Waals surface area contributed by atoms with Gasteiger partial charge in [-0.15, -0.1) is 0 Å². The van der Waals surface area contributed by atoms with E-state index in [1.807, 2.05) is 0 Å². The monoisotopic (exact) mass is 318 g/mol. The van der Waals surface area contributed by atoms with E-state index in [9.17, 15) is 0 Å². The SMILES string of the molecule is C#COC1C(OC)[C@@H](COC)O[C@H]1n1cnc2c(N)ccnc21. The highest BCUT2D eigenvalue weighted by atomic mass is 16.6. The van der Waals surface area contributed by atoms with Crippen molar-refractivity contribution < 1.29 is 18.9 Å². The number of methoxy groups -OCH3 is 2. The lowest BCUT2D eigenvalue weighted by Gasteiger charge is -2.21. The van der Waals surface area contributed by atoms with E-state index >= 15 is 0 Å². The van der Waals surface area contributed by atoms with Crippen molar-refractivity contribution >= 4 is 16.9 Å². The fourth-order valence-electron chi connectivity index (χ4n) is 2.86. The molecule has 1 saturated heterocycles. The van der Waals surface area contributed by atoms with Gasteiger partial charge in [-0.2, -0.15) is 0 Å². The Morgan fingerprint density at radius 1 is 1.39 bits per heavy atom. The number of anilines is 1. The number of hydrogen-bond acceptors (Lipinski definition) is 7. The summed E-state index contributed by atoms with van der Waals surface area (Å²) < 4.78 is 23.9. The van der Waals surface area contributed by atoms with Crippen LogP contribution in [0.4, 0.5) is 5.69 Å². The highest BCUT2D eigenvalue weighted by molar-refractivity contribution is 5.83. The third kappa shape index (κ3) is 2.59. The summed E-state index contributed by atoms with van der Waals surface area (Å²) in [6.45, 7) is 0.349. The largest absolute Gasteiger partial charge is 0.436 e. The van der Waals surface area contributed by atoms with E-state index in [2.05, 4.69) is 16.1 Å². The average molecular weight is 318 g/mol. The van der Waals surface area contributed by atoms with Crippen LogP contribution in [-0.2, 0) is 18.9 Å². The maximum Gasteiger partial charge on any atom is 0.184 e. The predicted octanol–water partition coefficient (Wildman–Crippen LogP) is 0.548. The van der Waals surface area contributed by atoms with E-state index in [1.54, 1.807) is 37.4 Å². The molecule has 1 aliphatic rings. The van der Waals surface area contributed by atoms with Crippen LogP contribution >= 0.6 is 0 Å². The first kappa shape index (κ1) is 15.6. The summed E-state index contributed by atoms with van der Waals surface area (Å²) in [4.78, 5) is 8.62. The minimum atomic E-state index is -0.546. The average Bonchev–Trinajstić information content (AvgIpc) is 3.10. The van der Waals surface area contributed by atoms with Gasteiger partial charge in [0.2, 0.25) is 0 Å². The van der Waals surface area contributed by atoms with Crippen molar-refractivity contribution in [1.82, 2.24) is 14.5 Å². The molecular formula is C15H18N4O4. The number of terminal acetylenes is 1. The Bertz CT molecular complexity index is 726. The zero-order valence-electron chi connectivity index (χ0n) is 12.9. The topological polar surface area (TPSA) is 93.7 Å². The molecule has 4 atom stereocenters. The highest BCUT2D eigenvalue weighted by Gasteiger charge is 2.48. The molecule has 0 aliphatic carbocycles. The second kappa shape index (κ2) is 6.42. The maximum absolute atomic E-state index is 6.03. The summed E-state index contributed by atoms with van der Waals surface area (Å²) in [6.07, 6.45) is 8.97. The van der Waals surface area contributed by atoms with E-state index in [-0.39, 0.29) is 12.2 Å². The van der Waals surface area contributed by atoms with Crippen molar-refractivity contribution in [2.24, 2.45) is 0 Å². The molecule has 0 spiro atoms. The fraction of sp³-hybridized carbons (Fsp3) is 0.467. The standard InChI is InChI=1S/C15H18N4O4/c1-4-22-13-12(21-3)10(7-20-2)23-15(13)19-8-18-11-9(16)5-6-17-14(11)19/h1,5-6,8,10,12-13,15H,7H2,2-3H3,(H2,16,17)/t10-,12?,13?,15-/m1/s1. The van der Waals surface area contributed by atoms with Crippen molar-refractivity contribution in [3.63, 3.8) is 0 Å². The lowest BCUT2D eigenvalue weighted by molar-refractivity contribution is -0.0612. The number of nitrogens with two attached hydrogens (primary N) is 1. The molecule has 0 amide bonds. The van der Waals surface area contributed by atoms with E-state index in [0.717, 1.165) is 0 Å². The molecule has 122 valence electrons. The van der Waals surface area contributed by atoms with Crippen molar-refractivity contribution in [3.8, 4) is 12.5 Å². The Labute approximate surface area is 133 Å². The van der Waals surface area contributed by atoms with Crippen LogP contribution in [0.15, 0.2) is 18.6 Å². The Morgan fingerprint density at radius 3 is 2.91 bits per heavy atom. The van der Waals surface area contributed by atoms with E-state index in [1.165, 1.54) is 0 Å². The van der Waals surface area contributed by atoms with E-state index in [0.29, 0.717) is 23.5 Å². The molecule has 2 aromatic heterocycles. The lowest BCUT2D eigenvalue weighted by atomic mass is 10.1. The Morgan fingerprint density at radius 2 is 2.22 bits per heavy atom. The number of nitrogens with zero attached hydrogens (tertiary/aromatic N) is 3. The Hall–Kier alpha value is -2.34. The van der Waals surface area contributed by atoms with Gasteiger partial charge in [-0.1, -0.05) is 6.42 Å². The number of imidazole rings is 1. The number of nitrogen functional groups attached to an aromatic ring is 1. The number of rotatable bonds is 5. The number of hydrogen-bond donors (Lipinski definition) is 1. The van der Waals surface area contributed by atoms with Crippen LogP contribution in [0.2, 0.25) is 0 Å². The summed E-state index contributed by atoms with van der Waals surface area (Å²) in [6, 6.07) is 1.69. The first-order chi connectivity index (χ1) is 11.2. The van der Waals surface area contributed by atoms with Crippen molar-refractivity contribution in [2.45, 2.75) is 24.5 Å². The molecule has 2 unspecified atom stereocenters. The third-order valence-corrected chi connectivity index (χ3v) is 3.86. The van der Waals surface area contributed by atoms with Gasteiger partial charge in [0.1, 0.15) is 23.8 Å². The zero-order valence-corrected chi connectivity index (χ0v) is 12.9. The molecule has 2 N–H and O–H groups in total. The smallest absolute Gasteiger partial charge is 0.184 e. The van der Waals surface area contributed by atoms with Gasteiger partial charge in [-0.05, 0) is 6.07 Å². The first-order valence-electron chi connectivity index (χ1n) is 7.06. The molecular weight excluding hydrogens is 300 g/mol. The van der Waals surface area contributed by atoms with Crippen LogP contribution < -0.4 is 5.73 Å². The Kier molecular flexibility index (Phi) is 4.34. The molecule has 8 heteroatoms. The van der Waals surface area contributed by atoms with E-state index < -0.39 is 12.3 Å². The lowest BCUT2D eigenvalue weighted by Crippen LogP contribution is -2.36. The summed E-state index contributed by atoms with van der Waals surface area (Å²) in [7, 11) is 3.17. The second-order valence-corrected chi connectivity index (χ2v) is 5.15. The predicted molar refractivity (Wildman–Crippen MR) is 82.2 cm³/mol. The van der Waals surface area contributed by atoms with Gasteiger partial charge in [0.05, 0.1) is 18.6 Å². The van der Waals surface area contributed by atoms with Gasteiger partial charge < -0.3 is 24.7 Å². The minimum absolute atomic E-state index is 0.327. The number of aromatic nitrogens is 3. The quantitative estimate of drug-likeness (QED) is 0.804. The molecule has 2 aromatic rings. The summed E-state index contributed by atoms with van der Waals surface area (Å²) >= 11 is 0. The highest BCUT2D eigenvalue weighted by Crippen LogP contribution is 2.35. The van der Waals surface area contributed by atoms with Gasteiger partial charge in [-0.25, -0.2) is 9.97 Å². The zero-order chi connectivity index (χ0) is 16.4. The van der Waals surface area contributed by atoms with Crippen LogP contribution in [0.3, 0.4) is 0 Å². The van der Waals surface area contributed by atoms with Crippen LogP contribution in [0.25, 0.3) is 11.2 Å². The van der Waals surface area contributed by atoms with Crippen molar-refractivity contribution in [1.29, 1.82) is 0 Å². The molecule has 3 heterocycles. The van der Waals surface area contributed by atoms with Gasteiger partial charge in [0, 0.05) is 20.4 Å². The third-order valence-electron chi connectivity index (χ3n) is 3.86. The molecule has 0 saturated carbocycles. The summed E-state index contributed by atoms with van der Waals surface area (Å²) in [5, 5.41) is 0. The van der Waals surface area contributed by atoms with Crippen molar-refractivity contribution in [2.75, 3.05) is 26.6 Å². The van der Waals surface area contributed by atoms with Crippen LogP contribution in [0, 0.1) is 12.5 Å². The van der Waals surface area contributed by atoms with Crippen molar-refractivity contribution in [3.05, 3.63) is 18.6 Å². The van der Waals surface area contributed by atoms with Gasteiger partial charge in [-0.3, -0.25) is 4.57 Å². The maximum atomic E-state index is 6.03. The van der Waals surface area contributed by atoms with Gasteiger partial charge in [0.25, 0.3) is 0 Å². The fourth-order valence-corrected chi connectivity index (χ4v) is 2.86. The minimum Gasteiger partial charge on any atom is -0.436 e. The van der Waals surface area contributed by atoms with Gasteiger partial charge >= 0.3 is 0 Å². The number of fused-ring (bicyclic) bond motifs is 1. The number of pyridine rings is 1. The number of ether oxygens (including phenoxy) is 4. The van der Waals surface area contributed by atoms with Crippen LogP contribution in [-0.4, -0.2) is 53.7 Å². The second-order valence-electron chi connectivity index (χ2n) is 5.15. The molecule has 1 aliphatic heterocycles. The Balaban J connectivity index is 2.02. The molecule has 23 heavy (non-hydrogen) atoms. The summed E-state index contributed by atoms with van der Waals surface area (Å²) in [5.74, 6) is 0. The van der Waals surface area contributed by atoms with Crippen LogP contribution in [0.5, 0.6) is 0 Å². The van der Waals surface area contributed by atoms with Crippen LogP contribution in [0.1, 0.15) is 6.23 Å². The molecule has 0 bridgehead atoms. The van der Waals surface area contributed by atoms with Gasteiger partial charge in [0.15, 0.2) is 18.0 Å². The summed E-state index contributed by atoms with van der Waals surface area (Å²) in [5.41, 5.74) is 7.65.